The number of nitrogens with two attached hydrogens (primary N) is 1. The van der Waals surface area contributed by atoms with Crippen molar-refractivity contribution >= 4 is 17.7 Å². The first-order valence-electron chi connectivity index (χ1n) is 6.10. The third-order valence-electron chi connectivity index (χ3n) is 3.17. The molecule has 1 rings (SSSR count). The fourth-order valence-corrected chi connectivity index (χ4v) is 2.51. The van der Waals surface area contributed by atoms with E-state index in [4.69, 9.17) is 5.73 Å². The second-order valence-corrected chi connectivity index (χ2v) is 6.01. The number of thioether (sulfide) groups is 1. The fourth-order valence-electron chi connectivity index (χ4n) is 1.44. The number of hydrogen-bond acceptors (Lipinski definition) is 3. The number of nitrogens with one attached hydrogen (secondary N) is 1. The van der Waals surface area contributed by atoms with E-state index in [0.29, 0.717) is 11.7 Å². The maximum Gasteiger partial charge on any atom is 0.238 e. The van der Waals surface area contributed by atoms with Gasteiger partial charge in [-0.3, -0.25) is 4.79 Å². The second-order valence-electron chi connectivity index (χ2n) is 4.96. The molecule has 1 aromatic carbocycles. The van der Waals surface area contributed by atoms with Gasteiger partial charge in [-0.2, -0.15) is 0 Å². The SMILES string of the molecule is CNC(C)(CSc1ccc(C(C)C)cc1)C(N)=O. The highest BCUT2D eigenvalue weighted by molar-refractivity contribution is 7.99. The Bertz CT molecular complexity index is 403. The van der Waals surface area contributed by atoms with Gasteiger partial charge in [-0.25, -0.2) is 0 Å². The Balaban J connectivity index is 2.66. The molecule has 100 valence electrons. The Morgan fingerprint density at radius 2 is 1.94 bits per heavy atom. The quantitative estimate of drug-likeness (QED) is 0.777. The van der Waals surface area contributed by atoms with Crippen LogP contribution in [0, 0.1) is 0 Å². The molecule has 1 unspecified atom stereocenters. The minimum Gasteiger partial charge on any atom is -0.368 e. The summed E-state index contributed by atoms with van der Waals surface area (Å²) in [5.74, 6) is 0.841. The smallest absolute Gasteiger partial charge is 0.238 e. The molecule has 4 heteroatoms. The van der Waals surface area contributed by atoms with Gasteiger partial charge in [-0.05, 0) is 37.6 Å². The monoisotopic (exact) mass is 266 g/mol. The standard InChI is InChI=1S/C14H22N2OS/c1-10(2)11-5-7-12(8-6-11)18-9-14(3,16-4)13(15)17/h5-8,10,16H,9H2,1-4H3,(H2,15,17). The average Bonchev–Trinajstić information content (AvgIpc) is 2.36. The van der Waals surface area contributed by atoms with Crippen LogP contribution in [-0.2, 0) is 4.79 Å². The van der Waals surface area contributed by atoms with E-state index in [9.17, 15) is 4.79 Å². The van der Waals surface area contributed by atoms with E-state index in [-0.39, 0.29) is 5.91 Å². The molecule has 18 heavy (non-hydrogen) atoms. The number of carbonyl (C=O) groups excluding carboxylic acids is 1. The van der Waals surface area contributed by atoms with Crippen LogP contribution in [-0.4, -0.2) is 24.2 Å². The van der Waals surface area contributed by atoms with Gasteiger partial charge in [-0.15, -0.1) is 11.8 Å². The summed E-state index contributed by atoms with van der Waals surface area (Å²) in [4.78, 5) is 12.5. The number of rotatable bonds is 6. The van der Waals surface area contributed by atoms with Crippen LogP contribution in [0.5, 0.6) is 0 Å². The topological polar surface area (TPSA) is 55.1 Å². The van der Waals surface area contributed by atoms with Crippen molar-refractivity contribution in [3.8, 4) is 0 Å². The van der Waals surface area contributed by atoms with E-state index in [0.717, 1.165) is 4.90 Å². The van der Waals surface area contributed by atoms with Gasteiger partial charge in [0, 0.05) is 10.6 Å². The molecule has 1 amide bonds. The molecule has 0 aliphatic carbocycles. The van der Waals surface area contributed by atoms with E-state index < -0.39 is 5.54 Å². The van der Waals surface area contributed by atoms with Gasteiger partial charge in [0.15, 0.2) is 0 Å². The lowest BCUT2D eigenvalue weighted by atomic mass is 10.0. The highest BCUT2D eigenvalue weighted by atomic mass is 32.2. The van der Waals surface area contributed by atoms with Crippen molar-refractivity contribution in [2.45, 2.75) is 37.1 Å². The van der Waals surface area contributed by atoms with E-state index in [1.54, 1.807) is 18.8 Å². The first-order valence-corrected chi connectivity index (χ1v) is 7.09. The molecule has 0 radical (unpaired) electrons. The van der Waals surface area contributed by atoms with Crippen LogP contribution in [0.1, 0.15) is 32.3 Å². The van der Waals surface area contributed by atoms with E-state index in [2.05, 4.69) is 43.4 Å². The Morgan fingerprint density at radius 1 is 1.39 bits per heavy atom. The van der Waals surface area contributed by atoms with Crippen molar-refractivity contribution in [1.29, 1.82) is 0 Å². The molecule has 0 fully saturated rings. The van der Waals surface area contributed by atoms with Crippen LogP contribution < -0.4 is 11.1 Å². The normalized spacial score (nSPS) is 14.5. The van der Waals surface area contributed by atoms with Gasteiger partial charge < -0.3 is 11.1 Å². The van der Waals surface area contributed by atoms with Crippen molar-refractivity contribution in [3.63, 3.8) is 0 Å². The summed E-state index contributed by atoms with van der Waals surface area (Å²) >= 11 is 1.64. The lowest BCUT2D eigenvalue weighted by molar-refractivity contribution is -0.122. The van der Waals surface area contributed by atoms with Gasteiger partial charge in [0.05, 0.1) is 0 Å². The Morgan fingerprint density at radius 3 is 2.33 bits per heavy atom. The van der Waals surface area contributed by atoms with Crippen molar-refractivity contribution in [3.05, 3.63) is 29.8 Å². The molecule has 0 spiro atoms. The minimum absolute atomic E-state index is 0.323. The maximum atomic E-state index is 11.4. The number of amides is 1. The van der Waals surface area contributed by atoms with Gasteiger partial charge in [0.2, 0.25) is 5.91 Å². The highest BCUT2D eigenvalue weighted by Gasteiger charge is 2.28. The Kier molecular flexibility index (Phi) is 5.23. The molecule has 1 aromatic rings. The molecular weight excluding hydrogens is 244 g/mol. The first-order chi connectivity index (χ1) is 8.39. The zero-order valence-electron chi connectivity index (χ0n) is 11.5. The van der Waals surface area contributed by atoms with Gasteiger partial charge >= 0.3 is 0 Å². The van der Waals surface area contributed by atoms with Crippen molar-refractivity contribution < 1.29 is 4.79 Å². The number of carbonyl (C=O) groups is 1. The zero-order chi connectivity index (χ0) is 13.8. The number of hydrogen-bond donors (Lipinski definition) is 2. The molecule has 3 nitrogen and oxygen atoms in total. The van der Waals surface area contributed by atoms with Crippen molar-refractivity contribution in [2.24, 2.45) is 5.73 Å². The van der Waals surface area contributed by atoms with Crippen molar-refractivity contribution in [2.75, 3.05) is 12.8 Å². The number of likely N-dealkylation sites (N-methyl/N-ethyl adjacent to an activating group) is 1. The summed E-state index contributed by atoms with van der Waals surface area (Å²) in [6, 6.07) is 8.45. The van der Waals surface area contributed by atoms with Crippen molar-refractivity contribution in [1.82, 2.24) is 5.32 Å². The molecule has 0 heterocycles. The lowest BCUT2D eigenvalue weighted by Gasteiger charge is -2.24. The van der Waals surface area contributed by atoms with E-state index in [1.165, 1.54) is 5.56 Å². The van der Waals surface area contributed by atoms with Gasteiger partial charge in [0.1, 0.15) is 5.54 Å². The summed E-state index contributed by atoms with van der Waals surface area (Å²) in [7, 11) is 1.76. The molecule has 0 saturated heterocycles. The van der Waals surface area contributed by atoms with Gasteiger partial charge in [-0.1, -0.05) is 26.0 Å². The summed E-state index contributed by atoms with van der Waals surface area (Å²) in [5.41, 5.74) is 6.05. The number of primary amides is 1. The summed E-state index contributed by atoms with van der Waals surface area (Å²) in [6.07, 6.45) is 0. The summed E-state index contributed by atoms with van der Waals surface area (Å²) in [6.45, 7) is 6.17. The molecule has 0 aliphatic rings. The molecule has 0 bridgehead atoms. The van der Waals surface area contributed by atoms with Crippen LogP contribution in [0.25, 0.3) is 0 Å². The first kappa shape index (κ1) is 15.1. The number of benzene rings is 1. The second kappa shape index (κ2) is 6.25. The van der Waals surface area contributed by atoms with Crippen LogP contribution >= 0.6 is 11.8 Å². The predicted molar refractivity (Wildman–Crippen MR) is 77.9 cm³/mol. The van der Waals surface area contributed by atoms with Gasteiger partial charge in [0.25, 0.3) is 0 Å². The summed E-state index contributed by atoms with van der Waals surface area (Å²) in [5, 5.41) is 2.98. The van der Waals surface area contributed by atoms with Crippen LogP contribution in [0.15, 0.2) is 29.2 Å². The molecule has 0 aliphatic heterocycles. The van der Waals surface area contributed by atoms with Crippen LogP contribution in [0.4, 0.5) is 0 Å². The Labute approximate surface area is 114 Å². The van der Waals surface area contributed by atoms with Crippen LogP contribution in [0.2, 0.25) is 0 Å². The molecule has 1 atom stereocenters. The lowest BCUT2D eigenvalue weighted by Crippen LogP contribution is -2.53. The van der Waals surface area contributed by atoms with E-state index >= 15 is 0 Å². The highest BCUT2D eigenvalue weighted by Crippen LogP contribution is 2.24. The third-order valence-corrected chi connectivity index (χ3v) is 4.50. The summed E-state index contributed by atoms with van der Waals surface area (Å²) < 4.78 is 0. The fraction of sp³-hybridized carbons (Fsp3) is 0.500. The third kappa shape index (κ3) is 3.75. The maximum absolute atomic E-state index is 11.4. The average molecular weight is 266 g/mol. The molecule has 0 saturated carbocycles. The molecule has 0 aromatic heterocycles. The molecule has 3 N–H and O–H groups in total. The largest absolute Gasteiger partial charge is 0.368 e. The zero-order valence-corrected chi connectivity index (χ0v) is 12.3. The Hall–Kier alpha value is -1.00. The predicted octanol–water partition coefficient (Wildman–Crippen LogP) is 2.37. The molecular formula is C14H22N2OS. The van der Waals surface area contributed by atoms with E-state index in [1.807, 2.05) is 6.92 Å². The van der Waals surface area contributed by atoms with Crippen LogP contribution in [0.3, 0.4) is 0 Å². The minimum atomic E-state index is -0.665.